The summed E-state index contributed by atoms with van der Waals surface area (Å²) in [6.07, 6.45) is 4.38. The third-order valence-electron chi connectivity index (χ3n) is 5.29. The molecular weight excluding hydrogens is 364 g/mol. The molecule has 3 aromatic rings. The van der Waals surface area contributed by atoms with Crippen molar-refractivity contribution in [3.63, 3.8) is 0 Å². The summed E-state index contributed by atoms with van der Waals surface area (Å²) in [7, 11) is 0. The van der Waals surface area contributed by atoms with Crippen LogP contribution in [0.15, 0.2) is 48.8 Å². The third kappa shape index (κ3) is 3.83. The number of nitriles is 1. The van der Waals surface area contributed by atoms with Gasteiger partial charge in [0.25, 0.3) is 5.91 Å². The average molecular weight is 386 g/mol. The van der Waals surface area contributed by atoms with Crippen LogP contribution >= 0.6 is 0 Å². The molecule has 0 radical (unpaired) electrons. The maximum atomic E-state index is 13.0. The first-order valence-electron chi connectivity index (χ1n) is 9.59. The van der Waals surface area contributed by atoms with Crippen molar-refractivity contribution >= 4 is 11.7 Å². The Labute approximate surface area is 169 Å². The summed E-state index contributed by atoms with van der Waals surface area (Å²) in [5, 5.41) is 19.4. The van der Waals surface area contributed by atoms with E-state index in [1.54, 1.807) is 12.3 Å². The number of anilines is 1. The van der Waals surface area contributed by atoms with Gasteiger partial charge in [0.2, 0.25) is 0 Å². The molecule has 1 amide bonds. The number of benzene rings is 1. The second kappa shape index (κ2) is 7.76. The highest BCUT2D eigenvalue weighted by Crippen LogP contribution is 2.25. The predicted octanol–water partition coefficient (Wildman–Crippen LogP) is 3.37. The van der Waals surface area contributed by atoms with E-state index in [1.807, 2.05) is 55.3 Å². The maximum Gasteiger partial charge on any atom is 0.254 e. The van der Waals surface area contributed by atoms with Gasteiger partial charge in [-0.05, 0) is 50.1 Å². The smallest absolute Gasteiger partial charge is 0.254 e. The van der Waals surface area contributed by atoms with E-state index in [9.17, 15) is 10.1 Å². The van der Waals surface area contributed by atoms with Crippen LogP contribution in [0.2, 0.25) is 0 Å². The van der Waals surface area contributed by atoms with Crippen LogP contribution in [0.3, 0.4) is 0 Å². The van der Waals surface area contributed by atoms with E-state index in [2.05, 4.69) is 26.6 Å². The number of aromatic amines is 1. The molecule has 1 aliphatic rings. The highest BCUT2D eigenvalue weighted by molar-refractivity contribution is 5.95. The first-order chi connectivity index (χ1) is 14.0. The standard InChI is InChI=1S/C22H22N6O/c1-14-3-4-18(10-23)21(26-14)27-20-9-15(2)28(13-20)22(29)17-7-5-16(6-8-17)19-11-24-25-12-19/h3-8,11-12,15,20H,9,13H2,1-2H3,(H,24,25)(H,26,27). The number of rotatable bonds is 4. The average Bonchev–Trinajstić information content (AvgIpc) is 3.38. The van der Waals surface area contributed by atoms with Crippen molar-refractivity contribution in [1.29, 1.82) is 5.26 Å². The number of nitrogens with one attached hydrogen (secondary N) is 2. The number of aryl methyl sites for hydroxylation is 1. The number of pyridine rings is 1. The van der Waals surface area contributed by atoms with Crippen LogP contribution in [0.1, 0.15) is 35.0 Å². The molecule has 0 saturated carbocycles. The second-order valence-corrected chi connectivity index (χ2v) is 7.41. The van der Waals surface area contributed by atoms with Gasteiger partial charge in [-0.1, -0.05) is 12.1 Å². The van der Waals surface area contributed by atoms with Crippen LogP contribution in [0, 0.1) is 18.3 Å². The lowest BCUT2D eigenvalue weighted by molar-refractivity contribution is 0.0746. The van der Waals surface area contributed by atoms with E-state index >= 15 is 0 Å². The summed E-state index contributed by atoms with van der Waals surface area (Å²) in [6, 6.07) is 13.5. The topological polar surface area (TPSA) is 97.7 Å². The van der Waals surface area contributed by atoms with Gasteiger partial charge < -0.3 is 10.2 Å². The number of carbonyl (C=O) groups is 1. The molecule has 1 aromatic carbocycles. The zero-order valence-corrected chi connectivity index (χ0v) is 16.4. The zero-order valence-electron chi connectivity index (χ0n) is 16.4. The van der Waals surface area contributed by atoms with Gasteiger partial charge >= 0.3 is 0 Å². The summed E-state index contributed by atoms with van der Waals surface area (Å²) >= 11 is 0. The summed E-state index contributed by atoms with van der Waals surface area (Å²) in [5.74, 6) is 0.599. The van der Waals surface area contributed by atoms with Gasteiger partial charge in [0.1, 0.15) is 11.9 Å². The Morgan fingerprint density at radius 1 is 1.24 bits per heavy atom. The van der Waals surface area contributed by atoms with Gasteiger partial charge in [0.15, 0.2) is 0 Å². The Kier molecular flexibility index (Phi) is 5.00. The van der Waals surface area contributed by atoms with Crippen molar-refractivity contribution in [2.24, 2.45) is 0 Å². The van der Waals surface area contributed by atoms with E-state index in [0.717, 1.165) is 23.2 Å². The minimum absolute atomic E-state index is 0.0123. The fraction of sp³-hybridized carbons (Fsp3) is 0.273. The molecule has 2 atom stereocenters. The van der Waals surface area contributed by atoms with Gasteiger partial charge in [-0.25, -0.2) is 4.98 Å². The Hall–Kier alpha value is -3.66. The van der Waals surface area contributed by atoms with Gasteiger partial charge in [-0.3, -0.25) is 9.89 Å². The molecule has 0 spiro atoms. The quantitative estimate of drug-likeness (QED) is 0.716. The SMILES string of the molecule is Cc1ccc(C#N)c(NC2CC(C)N(C(=O)c3ccc(-c4cn[nH]c4)cc3)C2)n1. The Balaban J connectivity index is 1.47. The number of H-pyrrole nitrogens is 1. The first kappa shape index (κ1) is 18.7. The normalized spacial score (nSPS) is 18.4. The molecule has 1 saturated heterocycles. The summed E-state index contributed by atoms with van der Waals surface area (Å²) in [5.41, 5.74) is 4.03. The van der Waals surface area contributed by atoms with E-state index in [0.29, 0.717) is 23.5 Å². The molecular formula is C22H22N6O. The van der Waals surface area contributed by atoms with Crippen molar-refractivity contribution in [2.45, 2.75) is 32.4 Å². The Bertz CT molecular complexity index is 1050. The minimum atomic E-state index is 0.0123. The van der Waals surface area contributed by atoms with Crippen LogP contribution in [0.25, 0.3) is 11.1 Å². The predicted molar refractivity (Wildman–Crippen MR) is 110 cm³/mol. The number of amides is 1. The number of hydrogen-bond acceptors (Lipinski definition) is 5. The van der Waals surface area contributed by atoms with Crippen LogP contribution in [0.4, 0.5) is 5.82 Å². The number of aromatic nitrogens is 3. The lowest BCUT2D eigenvalue weighted by Gasteiger charge is -2.21. The van der Waals surface area contributed by atoms with E-state index in [-0.39, 0.29) is 18.0 Å². The van der Waals surface area contributed by atoms with E-state index in [4.69, 9.17) is 0 Å². The Morgan fingerprint density at radius 2 is 2.03 bits per heavy atom. The fourth-order valence-corrected chi connectivity index (χ4v) is 3.75. The third-order valence-corrected chi connectivity index (χ3v) is 5.29. The van der Waals surface area contributed by atoms with Crippen molar-refractivity contribution in [2.75, 3.05) is 11.9 Å². The summed E-state index contributed by atoms with van der Waals surface area (Å²) < 4.78 is 0. The van der Waals surface area contributed by atoms with Gasteiger partial charge in [0.05, 0.1) is 11.8 Å². The molecule has 1 aliphatic heterocycles. The molecule has 146 valence electrons. The minimum Gasteiger partial charge on any atom is -0.364 e. The Morgan fingerprint density at radius 3 is 2.72 bits per heavy atom. The fourth-order valence-electron chi connectivity index (χ4n) is 3.75. The number of hydrogen-bond donors (Lipinski definition) is 2. The molecule has 7 heteroatoms. The molecule has 29 heavy (non-hydrogen) atoms. The van der Waals surface area contributed by atoms with E-state index in [1.165, 1.54) is 0 Å². The van der Waals surface area contributed by atoms with Crippen molar-refractivity contribution in [3.8, 4) is 17.2 Å². The van der Waals surface area contributed by atoms with E-state index < -0.39 is 0 Å². The molecule has 0 aliphatic carbocycles. The molecule has 3 heterocycles. The van der Waals surface area contributed by atoms with Crippen LogP contribution in [-0.2, 0) is 0 Å². The van der Waals surface area contributed by atoms with Gasteiger partial charge in [0, 0.05) is 41.6 Å². The monoisotopic (exact) mass is 386 g/mol. The highest BCUT2D eigenvalue weighted by atomic mass is 16.2. The second-order valence-electron chi connectivity index (χ2n) is 7.41. The van der Waals surface area contributed by atoms with Crippen molar-refractivity contribution in [1.82, 2.24) is 20.1 Å². The molecule has 2 aromatic heterocycles. The molecule has 0 bridgehead atoms. The summed E-state index contributed by atoms with van der Waals surface area (Å²) in [4.78, 5) is 19.4. The number of nitrogens with zero attached hydrogens (tertiary/aromatic N) is 4. The van der Waals surface area contributed by atoms with Crippen molar-refractivity contribution in [3.05, 3.63) is 65.6 Å². The first-order valence-corrected chi connectivity index (χ1v) is 9.59. The molecule has 2 unspecified atom stereocenters. The molecule has 2 N–H and O–H groups in total. The highest BCUT2D eigenvalue weighted by Gasteiger charge is 2.33. The molecule has 7 nitrogen and oxygen atoms in total. The largest absolute Gasteiger partial charge is 0.364 e. The van der Waals surface area contributed by atoms with Crippen LogP contribution in [-0.4, -0.2) is 44.6 Å². The lowest BCUT2D eigenvalue weighted by atomic mass is 10.1. The maximum absolute atomic E-state index is 13.0. The molecule has 4 rings (SSSR count). The zero-order chi connectivity index (χ0) is 20.4. The number of likely N-dealkylation sites (tertiary alicyclic amines) is 1. The van der Waals surface area contributed by atoms with Crippen LogP contribution < -0.4 is 5.32 Å². The lowest BCUT2D eigenvalue weighted by Crippen LogP contribution is -2.35. The number of carbonyl (C=O) groups excluding carboxylic acids is 1. The van der Waals surface area contributed by atoms with Gasteiger partial charge in [-0.15, -0.1) is 0 Å². The molecule has 1 fully saturated rings. The van der Waals surface area contributed by atoms with Crippen molar-refractivity contribution < 1.29 is 4.79 Å². The van der Waals surface area contributed by atoms with Crippen LogP contribution in [0.5, 0.6) is 0 Å². The van der Waals surface area contributed by atoms with Gasteiger partial charge in [-0.2, -0.15) is 10.4 Å². The summed E-state index contributed by atoms with van der Waals surface area (Å²) in [6.45, 7) is 4.52.